The van der Waals surface area contributed by atoms with Crippen molar-refractivity contribution in [2.75, 3.05) is 37.5 Å². The van der Waals surface area contributed by atoms with Crippen LogP contribution in [0.5, 0.6) is 0 Å². The van der Waals surface area contributed by atoms with Gasteiger partial charge in [0.15, 0.2) is 0 Å². The lowest BCUT2D eigenvalue weighted by atomic mass is 9.93. The van der Waals surface area contributed by atoms with E-state index in [2.05, 4.69) is 72.1 Å². The van der Waals surface area contributed by atoms with Gasteiger partial charge in [-0.2, -0.15) is 0 Å². The van der Waals surface area contributed by atoms with Crippen LogP contribution < -0.4 is 15.5 Å². The van der Waals surface area contributed by atoms with Gasteiger partial charge in [-0.25, -0.2) is 4.79 Å². The Labute approximate surface area is 189 Å². The Bertz CT molecular complexity index is 1140. The molecule has 0 saturated heterocycles. The van der Waals surface area contributed by atoms with Crippen molar-refractivity contribution in [2.45, 2.75) is 25.8 Å². The van der Waals surface area contributed by atoms with E-state index >= 15 is 0 Å². The van der Waals surface area contributed by atoms with E-state index in [9.17, 15) is 4.79 Å². The molecule has 0 fully saturated rings. The number of rotatable bonds is 4. The number of amides is 1. The summed E-state index contributed by atoms with van der Waals surface area (Å²) in [5.41, 5.74) is 10.5. The number of carbonyl (C=O) groups is 1. The Morgan fingerprint density at radius 2 is 1.72 bits per heavy atom. The summed E-state index contributed by atoms with van der Waals surface area (Å²) in [7, 11) is 4.12. The van der Waals surface area contributed by atoms with Crippen molar-refractivity contribution in [3.05, 3.63) is 82.4 Å². The minimum atomic E-state index is -0.395. The second-order valence-corrected chi connectivity index (χ2v) is 8.82. The summed E-state index contributed by atoms with van der Waals surface area (Å²) < 4.78 is 5.79. The molecule has 32 heavy (non-hydrogen) atoms. The molecule has 2 aliphatic rings. The van der Waals surface area contributed by atoms with Gasteiger partial charge >= 0.3 is 6.09 Å². The van der Waals surface area contributed by atoms with Gasteiger partial charge in [-0.3, -0.25) is 5.32 Å². The van der Waals surface area contributed by atoms with Crippen LogP contribution >= 0.6 is 0 Å². The summed E-state index contributed by atoms with van der Waals surface area (Å²) in [6, 6.07) is 18.9. The Morgan fingerprint density at radius 3 is 2.38 bits per heavy atom. The zero-order valence-corrected chi connectivity index (χ0v) is 18.9. The van der Waals surface area contributed by atoms with Crippen LogP contribution in [-0.2, 0) is 17.7 Å². The number of hydrogen-bond acceptors (Lipinski definition) is 4. The lowest BCUT2D eigenvalue weighted by molar-refractivity contribution is 0.158. The molecule has 3 aromatic rings. The molecule has 1 heterocycles. The van der Waals surface area contributed by atoms with E-state index in [1.54, 1.807) is 0 Å². The molecule has 0 saturated carbocycles. The maximum atomic E-state index is 12.9. The number of fused-ring (bicyclic) bond motifs is 4. The molecule has 5 rings (SSSR count). The van der Waals surface area contributed by atoms with E-state index in [1.165, 1.54) is 39.1 Å². The molecule has 0 spiro atoms. The summed E-state index contributed by atoms with van der Waals surface area (Å²) in [5.74, 6) is 0.0588. The van der Waals surface area contributed by atoms with E-state index < -0.39 is 6.09 Å². The van der Waals surface area contributed by atoms with Gasteiger partial charge in [-0.05, 0) is 64.9 Å². The molecule has 3 aromatic carbocycles. The van der Waals surface area contributed by atoms with Crippen LogP contribution in [0.15, 0.2) is 54.6 Å². The molecule has 0 unspecified atom stereocenters. The number of carbonyl (C=O) groups excluding carboxylic acids is 1. The average Bonchev–Trinajstić information content (AvgIpc) is 3.13. The zero-order valence-electron chi connectivity index (χ0n) is 18.9. The molecule has 0 radical (unpaired) electrons. The molecule has 0 aromatic heterocycles. The van der Waals surface area contributed by atoms with Crippen molar-refractivity contribution >= 4 is 17.5 Å². The number of benzene rings is 3. The number of ether oxygens (including phenoxy) is 1. The Balaban J connectivity index is 1.37. The molecular weight excluding hydrogens is 398 g/mol. The Morgan fingerprint density at radius 1 is 1.06 bits per heavy atom. The van der Waals surface area contributed by atoms with Crippen LogP contribution in [0.25, 0.3) is 11.1 Å². The van der Waals surface area contributed by atoms with Crippen molar-refractivity contribution in [1.29, 1.82) is 0 Å². The van der Waals surface area contributed by atoms with Crippen molar-refractivity contribution in [1.82, 2.24) is 5.32 Å². The number of anilines is 2. The predicted molar refractivity (Wildman–Crippen MR) is 130 cm³/mol. The van der Waals surface area contributed by atoms with Gasteiger partial charge in [0.25, 0.3) is 0 Å². The number of nitrogens with zero attached hydrogens (tertiary/aromatic N) is 1. The van der Waals surface area contributed by atoms with Crippen LogP contribution in [-0.4, -0.2) is 33.3 Å². The van der Waals surface area contributed by atoms with Gasteiger partial charge in [0.05, 0.1) is 5.69 Å². The van der Waals surface area contributed by atoms with Crippen LogP contribution in [0.2, 0.25) is 0 Å². The standard InChI is InChI=1S/C27H29N3O2/c1-17-14-25(30(2)3)23-15-28-13-12-22(23)26(17)29-27(31)32-16-24-20-10-6-4-8-18(20)19-9-5-7-11-21(19)24/h4-11,14,24,28H,12-13,15-16H2,1-3H3,(H,29,31). The second-order valence-electron chi connectivity index (χ2n) is 8.82. The highest BCUT2D eigenvalue weighted by Crippen LogP contribution is 2.44. The number of hydrogen-bond donors (Lipinski definition) is 2. The molecule has 0 atom stereocenters. The van der Waals surface area contributed by atoms with Gasteiger partial charge in [0.2, 0.25) is 0 Å². The highest BCUT2D eigenvalue weighted by molar-refractivity contribution is 5.89. The molecule has 0 bridgehead atoms. The molecule has 5 nitrogen and oxygen atoms in total. The molecule has 5 heteroatoms. The van der Waals surface area contributed by atoms with Crippen molar-refractivity contribution in [3.63, 3.8) is 0 Å². The summed E-state index contributed by atoms with van der Waals surface area (Å²) in [6.07, 6.45) is 0.491. The first kappa shape index (κ1) is 20.6. The molecule has 1 amide bonds. The van der Waals surface area contributed by atoms with Gasteiger partial charge in [0, 0.05) is 32.2 Å². The third-order valence-corrected chi connectivity index (χ3v) is 6.63. The van der Waals surface area contributed by atoms with E-state index in [-0.39, 0.29) is 5.92 Å². The molecule has 1 aliphatic carbocycles. The third kappa shape index (κ3) is 3.53. The van der Waals surface area contributed by atoms with Gasteiger partial charge in [-0.1, -0.05) is 48.5 Å². The maximum Gasteiger partial charge on any atom is 0.411 e. The molecule has 2 N–H and O–H groups in total. The fourth-order valence-electron chi connectivity index (χ4n) is 5.12. The average molecular weight is 428 g/mol. The molecule has 164 valence electrons. The van der Waals surface area contributed by atoms with Gasteiger partial charge < -0.3 is 15.0 Å². The number of aryl methyl sites for hydroxylation is 1. The topological polar surface area (TPSA) is 53.6 Å². The fraction of sp³-hybridized carbons (Fsp3) is 0.296. The van der Waals surface area contributed by atoms with E-state index in [4.69, 9.17) is 4.74 Å². The summed E-state index contributed by atoms with van der Waals surface area (Å²) in [6.45, 7) is 4.08. The van der Waals surface area contributed by atoms with Crippen LogP contribution in [0.4, 0.5) is 16.2 Å². The lowest BCUT2D eigenvalue weighted by Crippen LogP contribution is -2.28. The molecular formula is C27H29N3O2. The monoisotopic (exact) mass is 427 g/mol. The maximum absolute atomic E-state index is 12.9. The Kier molecular flexibility index (Phi) is 5.35. The predicted octanol–water partition coefficient (Wildman–Crippen LogP) is 5.07. The van der Waals surface area contributed by atoms with E-state index in [0.29, 0.717) is 6.61 Å². The van der Waals surface area contributed by atoms with Gasteiger partial charge in [-0.15, -0.1) is 0 Å². The fourth-order valence-corrected chi connectivity index (χ4v) is 5.12. The van der Waals surface area contributed by atoms with E-state index in [1.807, 2.05) is 19.1 Å². The summed E-state index contributed by atoms with van der Waals surface area (Å²) in [4.78, 5) is 15.0. The summed E-state index contributed by atoms with van der Waals surface area (Å²) >= 11 is 0. The molecule has 1 aliphatic heterocycles. The normalized spacial score (nSPS) is 14.3. The minimum absolute atomic E-state index is 0.0588. The van der Waals surface area contributed by atoms with Crippen molar-refractivity contribution < 1.29 is 9.53 Å². The van der Waals surface area contributed by atoms with Crippen molar-refractivity contribution in [2.24, 2.45) is 0 Å². The van der Waals surface area contributed by atoms with Gasteiger partial charge in [0.1, 0.15) is 6.61 Å². The smallest absolute Gasteiger partial charge is 0.411 e. The highest BCUT2D eigenvalue weighted by Gasteiger charge is 2.29. The third-order valence-electron chi connectivity index (χ3n) is 6.63. The van der Waals surface area contributed by atoms with Crippen LogP contribution in [0.3, 0.4) is 0 Å². The SMILES string of the molecule is Cc1cc(N(C)C)c2c(c1NC(=O)OCC1c3ccccc3-c3ccccc31)CCNC2. The number of nitrogens with one attached hydrogen (secondary N) is 2. The van der Waals surface area contributed by atoms with Crippen LogP contribution in [0, 0.1) is 6.92 Å². The summed E-state index contributed by atoms with van der Waals surface area (Å²) in [5, 5.41) is 6.52. The second kappa shape index (κ2) is 8.32. The zero-order chi connectivity index (χ0) is 22.2. The van der Waals surface area contributed by atoms with E-state index in [0.717, 1.165) is 30.8 Å². The largest absolute Gasteiger partial charge is 0.448 e. The Hall–Kier alpha value is -3.31. The van der Waals surface area contributed by atoms with Crippen LogP contribution in [0.1, 0.15) is 33.7 Å². The first-order valence-corrected chi connectivity index (χ1v) is 11.2. The minimum Gasteiger partial charge on any atom is -0.448 e. The quantitative estimate of drug-likeness (QED) is 0.611. The highest BCUT2D eigenvalue weighted by atomic mass is 16.5. The first-order chi connectivity index (χ1) is 15.5. The first-order valence-electron chi connectivity index (χ1n) is 11.2. The lowest BCUT2D eigenvalue weighted by Gasteiger charge is -2.28. The van der Waals surface area contributed by atoms with Crippen molar-refractivity contribution in [3.8, 4) is 11.1 Å².